The van der Waals surface area contributed by atoms with Gasteiger partial charge in [0.2, 0.25) is 0 Å². The van der Waals surface area contributed by atoms with Crippen LogP contribution in [0.25, 0.3) is 67.8 Å². The van der Waals surface area contributed by atoms with Crippen molar-refractivity contribution in [2.75, 3.05) is 20.3 Å². The van der Waals surface area contributed by atoms with E-state index < -0.39 is 5.97 Å². The lowest BCUT2D eigenvalue weighted by molar-refractivity contribution is -0.138. The summed E-state index contributed by atoms with van der Waals surface area (Å²) in [6.07, 6.45) is 6.76. The third kappa shape index (κ3) is 8.86. The van der Waals surface area contributed by atoms with Crippen LogP contribution in [0.1, 0.15) is 35.1 Å². The second kappa shape index (κ2) is 18.4. The van der Waals surface area contributed by atoms with E-state index in [1.165, 1.54) is 27.8 Å². The molecule has 308 valence electrons. The maximum Gasteiger partial charge on any atom is 0.330 e. The van der Waals surface area contributed by atoms with Gasteiger partial charge in [-0.25, -0.2) is 14.8 Å². The third-order valence-electron chi connectivity index (χ3n) is 11.5. The summed E-state index contributed by atoms with van der Waals surface area (Å²) in [5.41, 5.74) is 15.3. The summed E-state index contributed by atoms with van der Waals surface area (Å²) in [7, 11) is 1.67. The molecule has 62 heavy (non-hydrogen) atoms. The molecule has 0 aliphatic heterocycles. The minimum absolute atomic E-state index is 0.141. The van der Waals surface area contributed by atoms with E-state index in [4.69, 9.17) is 24.2 Å². The minimum atomic E-state index is -0.470. The van der Waals surface area contributed by atoms with Crippen molar-refractivity contribution in [2.45, 2.75) is 38.5 Å². The van der Waals surface area contributed by atoms with Gasteiger partial charge in [0.05, 0.1) is 29.9 Å². The average molecular weight is 817 g/mol. The summed E-state index contributed by atoms with van der Waals surface area (Å²) in [4.78, 5) is 29.7. The molecule has 0 atom stereocenters. The molecule has 8 aromatic rings. The van der Waals surface area contributed by atoms with Crippen LogP contribution in [0.5, 0.6) is 11.5 Å². The summed E-state index contributed by atoms with van der Waals surface area (Å²) < 4.78 is 16.4. The Morgan fingerprint density at radius 1 is 0.581 bits per heavy atom. The molecule has 0 spiro atoms. The second-order valence-corrected chi connectivity index (χ2v) is 15.5. The van der Waals surface area contributed by atoms with Gasteiger partial charge < -0.3 is 24.2 Å². The zero-order valence-corrected chi connectivity index (χ0v) is 34.8. The number of aromatic amines is 2. The number of hydrogen-bond donors (Lipinski definition) is 2. The Kier molecular flexibility index (Phi) is 11.9. The first-order chi connectivity index (χ1) is 30.5. The van der Waals surface area contributed by atoms with Crippen LogP contribution in [0.2, 0.25) is 0 Å². The first kappa shape index (κ1) is 40.0. The first-order valence-corrected chi connectivity index (χ1v) is 21.2. The van der Waals surface area contributed by atoms with Crippen molar-refractivity contribution in [1.29, 1.82) is 0 Å². The third-order valence-corrected chi connectivity index (χ3v) is 11.5. The SMILES string of the molecule is C=CC(=O)OCCOc1ccc(-c2[nH]c(-c3cc4ccc3CCCc3ccc(cc3-c3nc(-c5ccccc5)c(-c5ccccc5)[nH]3)CCC4)nc2-c2ccc(OC)cc2)cc1. The maximum atomic E-state index is 11.4. The Morgan fingerprint density at radius 3 is 1.61 bits per heavy atom. The number of methoxy groups -OCH3 is 1. The number of nitrogens with zero attached hydrogens (tertiary/aromatic N) is 2. The number of benzene rings is 6. The average Bonchev–Trinajstić information content (AvgIpc) is 3.98. The highest BCUT2D eigenvalue weighted by molar-refractivity contribution is 5.84. The molecule has 4 bridgehead atoms. The van der Waals surface area contributed by atoms with Crippen LogP contribution in [0, 0.1) is 0 Å². The fraction of sp³-hybridized carbons (Fsp3) is 0.167. The number of aromatic nitrogens is 4. The lowest BCUT2D eigenvalue weighted by atomic mass is 9.92. The topological polar surface area (TPSA) is 102 Å². The van der Waals surface area contributed by atoms with Gasteiger partial charge in [0, 0.05) is 39.5 Å². The smallest absolute Gasteiger partial charge is 0.330 e. The Morgan fingerprint density at radius 2 is 1.06 bits per heavy atom. The number of imidazole rings is 2. The van der Waals surface area contributed by atoms with E-state index in [-0.39, 0.29) is 13.2 Å². The summed E-state index contributed by atoms with van der Waals surface area (Å²) in [5.74, 6) is 2.73. The summed E-state index contributed by atoms with van der Waals surface area (Å²) >= 11 is 0. The van der Waals surface area contributed by atoms with Crippen LogP contribution in [-0.4, -0.2) is 46.2 Å². The Labute approximate surface area is 362 Å². The van der Waals surface area contributed by atoms with Gasteiger partial charge in [-0.1, -0.05) is 91.5 Å². The van der Waals surface area contributed by atoms with Gasteiger partial charge in [-0.2, -0.15) is 0 Å². The normalized spacial score (nSPS) is 12.5. The number of nitrogens with one attached hydrogen (secondary N) is 2. The molecular weight excluding hydrogens is 769 g/mol. The number of ether oxygens (including phenoxy) is 3. The minimum Gasteiger partial charge on any atom is -0.497 e. The fourth-order valence-corrected chi connectivity index (χ4v) is 8.27. The highest BCUT2D eigenvalue weighted by Gasteiger charge is 2.21. The van der Waals surface area contributed by atoms with Crippen molar-refractivity contribution in [1.82, 2.24) is 19.9 Å². The largest absolute Gasteiger partial charge is 0.497 e. The van der Waals surface area contributed by atoms with E-state index in [1.54, 1.807) is 7.11 Å². The molecule has 2 aromatic heterocycles. The predicted octanol–water partition coefficient (Wildman–Crippen LogP) is 11.9. The van der Waals surface area contributed by atoms with E-state index in [0.717, 1.165) is 113 Å². The molecule has 0 saturated carbocycles. The summed E-state index contributed by atoms with van der Waals surface area (Å²) in [6.45, 7) is 3.82. The number of rotatable bonds is 12. The van der Waals surface area contributed by atoms with Gasteiger partial charge in [-0.05, 0) is 121 Å². The van der Waals surface area contributed by atoms with E-state index in [1.807, 2.05) is 54.6 Å². The van der Waals surface area contributed by atoms with Crippen molar-refractivity contribution in [3.63, 3.8) is 0 Å². The van der Waals surface area contributed by atoms with Crippen LogP contribution in [0.15, 0.2) is 158 Å². The number of aryl methyl sites for hydroxylation is 4. The van der Waals surface area contributed by atoms with Crippen LogP contribution >= 0.6 is 0 Å². The molecule has 0 unspecified atom stereocenters. The molecule has 4 aliphatic carbocycles. The van der Waals surface area contributed by atoms with Gasteiger partial charge >= 0.3 is 5.97 Å². The van der Waals surface area contributed by atoms with Gasteiger partial charge in [0.15, 0.2) is 0 Å². The van der Waals surface area contributed by atoms with E-state index in [9.17, 15) is 4.79 Å². The van der Waals surface area contributed by atoms with E-state index >= 15 is 0 Å². The predicted molar refractivity (Wildman–Crippen MR) is 247 cm³/mol. The molecule has 8 heteroatoms. The van der Waals surface area contributed by atoms with Crippen molar-refractivity contribution < 1.29 is 19.0 Å². The zero-order valence-electron chi connectivity index (χ0n) is 34.8. The molecule has 0 fully saturated rings. The highest BCUT2D eigenvalue weighted by Crippen LogP contribution is 2.38. The van der Waals surface area contributed by atoms with Crippen LogP contribution in [-0.2, 0) is 35.2 Å². The van der Waals surface area contributed by atoms with Crippen molar-refractivity contribution in [3.8, 4) is 79.3 Å². The van der Waals surface area contributed by atoms with Crippen molar-refractivity contribution >= 4 is 5.97 Å². The standard InChI is InChI=1S/C54H48N4O4/c1-3-48(59)62-33-32-61-45-30-26-43(27-31-45)52-51(42-24-28-44(60-2)29-25-42)57-54(58-52)47-35-37-13-10-12-36-20-22-38(18-11-19-39(47)23-21-37)46(34-36)53-55-49(40-14-6-4-7-15-40)50(56-53)41-16-8-5-9-17-41/h3-9,14-17,20-31,34-35H,1,10-13,18-19,32-33H2,2H3,(H,55,56)(H,57,58). The molecule has 2 heterocycles. The zero-order chi connectivity index (χ0) is 42.3. The number of esters is 1. The van der Waals surface area contributed by atoms with Crippen molar-refractivity contribution in [3.05, 3.63) is 181 Å². The van der Waals surface area contributed by atoms with Gasteiger partial charge in [0.1, 0.15) is 36.4 Å². The summed E-state index contributed by atoms with van der Waals surface area (Å²) in [5, 5.41) is 0. The van der Waals surface area contributed by atoms with E-state index in [2.05, 4.69) is 108 Å². The Bertz CT molecular complexity index is 2750. The lowest BCUT2D eigenvalue weighted by Gasteiger charge is -2.15. The molecule has 6 aromatic carbocycles. The van der Waals surface area contributed by atoms with Gasteiger partial charge in [-0.15, -0.1) is 0 Å². The number of hydrogen-bond acceptors (Lipinski definition) is 6. The van der Waals surface area contributed by atoms with E-state index in [0.29, 0.717) is 5.75 Å². The molecule has 0 saturated heterocycles. The molecule has 12 rings (SSSR count). The Hall–Kier alpha value is -7.45. The molecule has 4 aliphatic rings. The molecule has 0 radical (unpaired) electrons. The fourth-order valence-electron chi connectivity index (χ4n) is 8.27. The number of H-pyrrole nitrogens is 2. The molecule has 0 amide bonds. The van der Waals surface area contributed by atoms with Gasteiger partial charge in [0.25, 0.3) is 0 Å². The first-order valence-electron chi connectivity index (χ1n) is 21.2. The maximum absolute atomic E-state index is 11.4. The van der Waals surface area contributed by atoms with Crippen molar-refractivity contribution in [2.24, 2.45) is 0 Å². The number of carbonyl (C=O) groups excluding carboxylic acids is 1. The summed E-state index contributed by atoms with van der Waals surface area (Å²) in [6, 6.07) is 50.8. The van der Waals surface area contributed by atoms with Crippen LogP contribution < -0.4 is 9.47 Å². The quantitative estimate of drug-likeness (QED) is 0.0723. The Balaban J connectivity index is 1.04. The highest BCUT2D eigenvalue weighted by atomic mass is 16.6. The lowest BCUT2D eigenvalue weighted by Crippen LogP contribution is -2.10. The van der Waals surface area contributed by atoms with Crippen LogP contribution in [0.3, 0.4) is 0 Å². The second-order valence-electron chi connectivity index (χ2n) is 15.5. The molecule has 2 N–H and O–H groups in total. The molecular formula is C54H48N4O4. The number of carbonyl (C=O) groups is 1. The van der Waals surface area contributed by atoms with Crippen LogP contribution in [0.4, 0.5) is 0 Å². The molecule has 8 nitrogen and oxygen atoms in total. The monoisotopic (exact) mass is 816 g/mol. The van der Waals surface area contributed by atoms with Gasteiger partial charge in [-0.3, -0.25) is 0 Å².